The van der Waals surface area contributed by atoms with Gasteiger partial charge in [0, 0.05) is 0 Å². The average Bonchev–Trinajstić information content (AvgIpc) is 1.86. The Hall–Kier alpha value is -1.25. The molecule has 0 aromatic rings. The summed E-state index contributed by atoms with van der Waals surface area (Å²) in [6.45, 7) is 7.67. The maximum Gasteiger partial charge on any atom is 0.0796 e. The highest BCUT2D eigenvalue weighted by Crippen LogP contribution is 1.93. The fourth-order valence-corrected chi connectivity index (χ4v) is 0.588. The molecule has 0 aliphatic carbocycles. The van der Waals surface area contributed by atoms with Crippen molar-refractivity contribution in [3.63, 3.8) is 0 Å². The van der Waals surface area contributed by atoms with Crippen molar-refractivity contribution in [1.29, 1.82) is 0 Å². The number of aliphatic imine (C=N–C) groups is 1. The van der Waals surface area contributed by atoms with Crippen LogP contribution in [0.3, 0.4) is 0 Å². The summed E-state index contributed by atoms with van der Waals surface area (Å²) in [6, 6.07) is 0. The van der Waals surface area contributed by atoms with E-state index in [9.17, 15) is 0 Å². The molecule has 0 amide bonds. The van der Waals surface area contributed by atoms with E-state index in [-0.39, 0.29) is 0 Å². The molecule has 0 fully saturated rings. The molecule has 0 aliphatic rings. The van der Waals surface area contributed by atoms with E-state index < -0.39 is 0 Å². The van der Waals surface area contributed by atoms with E-state index in [1.54, 1.807) is 13.1 Å². The van der Waals surface area contributed by atoms with Crippen LogP contribution in [-0.4, -0.2) is 6.21 Å². The third-order valence-electron chi connectivity index (χ3n) is 0.898. The smallest absolute Gasteiger partial charge is 0.0796 e. The molecule has 0 bridgehead atoms. The number of allylic oxidation sites excluding steroid dienone is 1. The standard InChI is InChI=1S/C10H13N/c1-5-6-7-11-10(4)8-9(2)3/h7H,1-4H3. The highest BCUT2D eigenvalue weighted by atomic mass is 14.7. The molecule has 0 heterocycles. The van der Waals surface area contributed by atoms with E-state index >= 15 is 0 Å². The summed E-state index contributed by atoms with van der Waals surface area (Å²) < 4.78 is 0. The molecule has 1 nitrogen and oxygen atoms in total. The Morgan fingerprint density at radius 2 is 1.91 bits per heavy atom. The topological polar surface area (TPSA) is 12.4 Å². The highest BCUT2D eigenvalue weighted by Gasteiger charge is 1.76. The molecule has 0 unspecified atom stereocenters. The Balaban J connectivity index is 4.38. The second-order valence-electron chi connectivity index (χ2n) is 2.36. The van der Waals surface area contributed by atoms with Gasteiger partial charge in [-0.25, -0.2) is 4.99 Å². The third-order valence-corrected chi connectivity index (χ3v) is 0.898. The van der Waals surface area contributed by atoms with Crippen LogP contribution in [0.5, 0.6) is 0 Å². The molecule has 0 atom stereocenters. The first kappa shape index (κ1) is 9.75. The van der Waals surface area contributed by atoms with Gasteiger partial charge in [0.25, 0.3) is 0 Å². The zero-order chi connectivity index (χ0) is 8.69. The van der Waals surface area contributed by atoms with E-state index in [1.165, 1.54) is 0 Å². The molecular weight excluding hydrogens is 134 g/mol. The minimum Gasteiger partial charge on any atom is -0.244 e. The SMILES string of the molecule is CC#CC=NC(C)=C=C(C)C. The Morgan fingerprint density at radius 1 is 1.27 bits per heavy atom. The summed E-state index contributed by atoms with van der Waals surface area (Å²) in [5.41, 5.74) is 5.07. The van der Waals surface area contributed by atoms with Gasteiger partial charge >= 0.3 is 0 Å². The molecule has 11 heavy (non-hydrogen) atoms. The summed E-state index contributed by atoms with van der Waals surface area (Å²) in [6.07, 6.45) is 1.59. The van der Waals surface area contributed by atoms with Crippen molar-refractivity contribution < 1.29 is 0 Å². The van der Waals surface area contributed by atoms with Crippen LogP contribution in [0.25, 0.3) is 0 Å². The Kier molecular flexibility index (Phi) is 4.90. The van der Waals surface area contributed by atoms with E-state index in [0.717, 1.165) is 11.3 Å². The second kappa shape index (κ2) is 5.53. The monoisotopic (exact) mass is 147 g/mol. The Morgan fingerprint density at radius 3 is 2.36 bits per heavy atom. The molecule has 0 rings (SSSR count). The van der Waals surface area contributed by atoms with Gasteiger partial charge < -0.3 is 0 Å². The minimum absolute atomic E-state index is 0.868. The highest BCUT2D eigenvalue weighted by molar-refractivity contribution is 5.78. The lowest BCUT2D eigenvalue weighted by Gasteiger charge is -1.83. The van der Waals surface area contributed by atoms with Crippen LogP contribution in [0.1, 0.15) is 27.7 Å². The predicted molar refractivity (Wildman–Crippen MR) is 49.5 cm³/mol. The van der Waals surface area contributed by atoms with Gasteiger partial charge in [-0.3, -0.25) is 0 Å². The van der Waals surface area contributed by atoms with Crippen LogP contribution in [0.2, 0.25) is 0 Å². The molecule has 58 valence electrons. The van der Waals surface area contributed by atoms with Crippen molar-refractivity contribution in [2.24, 2.45) is 4.99 Å². The molecule has 0 saturated heterocycles. The summed E-state index contributed by atoms with van der Waals surface area (Å²) in [7, 11) is 0. The van der Waals surface area contributed by atoms with Gasteiger partial charge in [0.1, 0.15) is 0 Å². The summed E-state index contributed by atoms with van der Waals surface area (Å²) in [4.78, 5) is 4.04. The van der Waals surface area contributed by atoms with Crippen LogP contribution in [-0.2, 0) is 0 Å². The first-order valence-corrected chi connectivity index (χ1v) is 3.52. The van der Waals surface area contributed by atoms with Crippen LogP contribution >= 0.6 is 0 Å². The maximum atomic E-state index is 4.04. The second-order valence-corrected chi connectivity index (χ2v) is 2.36. The first-order valence-electron chi connectivity index (χ1n) is 3.52. The van der Waals surface area contributed by atoms with Gasteiger partial charge in [0.05, 0.1) is 11.9 Å². The zero-order valence-electron chi connectivity index (χ0n) is 7.52. The average molecular weight is 147 g/mol. The van der Waals surface area contributed by atoms with Gasteiger partial charge in [0.2, 0.25) is 0 Å². The maximum absolute atomic E-state index is 4.04. The summed E-state index contributed by atoms with van der Waals surface area (Å²) in [5, 5.41) is 0. The molecule has 0 spiro atoms. The lowest BCUT2D eigenvalue weighted by molar-refractivity contribution is 1.30. The van der Waals surface area contributed by atoms with Gasteiger partial charge in [0.15, 0.2) is 0 Å². The van der Waals surface area contributed by atoms with E-state index in [1.807, 2.05) is 20.8 Å². The molecule has 1 heteroatoms. The molecular formula is C10H13N. The van der Waals surface area contributed by atoms with E-state index in [4.69, 9.17) is 0 Å². The third kappa shape index (κ3) is 6.64. The van der Waals surface area contributed by atoms with Crippen molar-refractivity contribution in [3.05, 3.63) is 17.0 Å². The van der Waals surface area contributed by atoms with Gasteiger partial charge in [-0.2, -0.15) is 0 Å². The van der Waals surface area contributed by atoms with Gasteiger partial charge in [-0.1, -0.05) is 11.7 Å². The van der Waals surface area contributed by atoms with Gasteiger partial charge in [-0.05, 0) is 33.3 Å². The predicted octanol–water partition coefficient (Wildman–Crippen LogP) is 2.55. The number of rotatable bonds is 1. The quantitative estimate of drug-likeness (QED) is 0.307. The van der Waals surface area contributed by atoms with Crippen molar-refractivity contribution in [2.45, 2.75) is 27.7 Å². The number of hydrogen-bond donors (Lipinski definition) is 0. The summed E-state index contributed by atoms with van der Waals surface area (Å²) in [5.74, 6) is 5.47. The van der Waals surface area contributed by atoms with Crippen molar-refractivity contribution in [3.8, 4) is 11.8 Å². The van der Waals surface area contributed by atoms with Gasteiger partial charge in [-0.15, -0.1) is 5.92 Å². The number of hydrogen-bond acceptors (Lipinski definition) is 1. The van der Waals surface area contributed by atoms with Crippen molar-refractivity contribution in [2.75, 3.05) is 0 Å². The number of nitrogens with zero attached hydrogens (tertiary/aromatic N) is 1. The fraction of sp³-hybridized carbons (Fsp3) is 0.400. The fourth-order valence-electron chi connectivity index (χ4n) is 0.588. The minimum atomic E-state index is 0.868. The normalized spacial score (nSPS) is 8.36. The van der Waals surface area contributed by atoms with Crippen molar-refractivity contribution >= 4 is 6.21 Å². The molecule has 0 aromatic carbocycles. The van der Waals surface area contributed by atoms with Crippen LogP contribution in [0.4, 0.5) is 0 Å². The lowest BCUT2D eigenvalue weighted by Crippen LogP contribution is -1.69. The summed E-state index contributed by atoms with van der Waals surface area (Å²) >= 11 is 0. The molecule has 0 N–H and O–H groups in total. The Bertz CT molecular complexity index is 261. The molecule has 0 saturated carbocycles. The van der Waals surface area contributed by atoms with Crippen LogP contribution < -0.4 is 0 Å². The van der Waals surface area contributed by atoms with Crippen LogP contribution in [0.15, 0.2) is 22.0 Å². The van der Waals surface area contributed by atoms with Crippen LogP contribution in [0, 0.1) is 11.8 Å². The molecule has 0 aliphatic heterocycles. The van der Waals surface area contributed by atoms with E-state index in [2.05, 4.69) is 22.6 Å². The largest absolute Gasteiger partial charge is 0.244 e. The zero-order valence-corrected chi connectivity index (χ0v) is 7.52. The lowest BCUT2D eigenvalue weighted by atomic mass is 10.3. The van der Waals surface area contributed by atoms with Crippen molar-refractivity contribution in [1.82, 2.24) is 0 Å². The molecule has 0 radical (unpaired) electrons. The first-order chi connectivity index (χ1) is 5.16. The Labute approximate surface area is 68.5 Å². The van der Waals surface area contributed by atoms with E-state index in [0.29, 0.717) is 0 Å². The molecule has 0 aromatic heterocycles.